The third kappa shape index (κ3) is 8.46. The Morgan fingerprint density at radius 1 is 0.765 bits per heavy atom. The third-order valence-corrected chi connectivity index (χ3v) is 4.05. The second kappa shape index (κ2) is 9.74. The molecule has 0 N–H and O–H groups in total. The zero-order chi connectivity index (χ0) is 12.3. The van der Waals surface area contributed by atoms with Gasteiger partial charge in [0.05, 0.1) is 0 Å². The maximum absolute atomic E-state index is 2.53. The predicted molar refractivity (Wildman–Crippen MR) is 78.3 cm³/mol. The Balaban J connectivity index is 2.30. The van der Waals surface area contributed by atoms with Crippen LogP contribution in [0.3, 0.4) is 0 Å². The van der Waals surface area contributed by atoms with Gasteiger partial charge in [0.15, 0.2) is 0 Å². The molecule has 0 spiro atoms. The summed E-state index contributed by atoms with van der Waals surface area (Å²) in [7, 11) is 0. The van der Waals surface area contributed by atoms with E-state index in [1.807, 2.05) is 0 Å². The topological polar surface area (TPSA) is 0 Å². The van der Waals surface area contributed by atoms with Crippen LogP contribution >= 0.6 is 0 Å². The van der Waals surface area contributed by atoms with Crippen molar-refractivity contribution in [2.45, 2.75) is 90.9 Å². The van der Waals surface area contributed by atoms with Crippen LogP contribution in [0.1, 0.15) is 90.9 Å². The van der Waals surface area contributed by atoms with Crippen molar-refractivity contribution >= 4 is 0 Å². The average molecular weight is 236 g/mol. The highest BCUT2D eigenvalue weighted by Crippen LogP contribution is 2.19. The minimum Gasteiger partial charge on any atom is -0.0828 e. The molecule has 0 fully saturated rings. The Morgan fingerprint density at radius 3 is 1.82 bits per heavy atom. The lowest BCUT2D eigenvalue weighted by Crippen LogP contribution is -1.92. The molecule has 0 heteroatoms. The van der Waals surface area contributed by atoms with Gasteiger partial charge in [0, 0.05) is 0 Å². The Labute approximate surface area is 109 Å². The van der Waals surface area contributed by atoms with Gasteiger partial charge >= 0.3 is 0 Å². The first-order chi connectivity index (χ1) is 8.29. The van der Waals surface area contributed by atoms with Crippen LogP contribution in [0.25, 0.3) is 0 Å². The summed E-state index contributed by atoms with van der Waals surface area (Å²) in [4.78, 5) is 0. The maximum atomic E-state index is 2.53. The first-order valence-corrected chi connectivity index (χ1v) is 7.96. The van der Waals surface area contributed by atoms with Crippen molar-refractivity contribution in [3.05, 3.63) is 11.6 Å². The zero-order valence-electron chi connectivity index (χ0n) is 12.1. The quantitative estimate of drug-likeness (QED) is 0.435. The van der Waals surface area contributed by atoms with Crippen molar-refractivity contribution in [3.63, 3.8) is 0 Å². The van der Waals surface area contributed by atoms with Gasteiger partial charge in [-0.15, -0.1) is 0 Å². The van der Waals surface area contributed by atoms with Gasteiger partial charge in [-0.2, -0.15) is 0 Å². The van der Waals surface area contributed by atoms with Crippen molar-refractivity contribution in [1.29, 1.82) is 0 Å². The molecule has 0 saturated heterocycles. The van der Waals surface area contributed by atoms with Crippen molar-refractivity contribution in [1.82, 2.24) is 0 Å². The SMILES string of the molecule is C/C1=C/C(C)CCCCCCCCCCCC1. The molecule has 1 aliphatic carbocycles. The second-order valence-corrected chi connectivity index (χ2v) is 6.06. The molecule has 0 nitrogen and oxygen atoms in total. The summed E-state index contributed by atoms with van der Waals surface area (Å²) >= 11 is 0. The van der Waals surface area contributed by atoms with E-state index in [1.54, 1.807) is 5.57 Å². The molecule has 1 rings (SSSR count). The Hall–Kier alpha value is -0.260. The van der Waals surface area contributed by atoms with E-state index in [9.17, 15) is 0 Å². The largest absolute Gasteiger partial charge is 0.0828 e. The molecule has 0 bridgehead atoms. The molecule has 17 heavy (non-hydrogen) atoms. The summed E-state index contributed by atoms with van der Waals surface area (Å²) in [5, 5.41) is 0. The smallest absolute Gasteiger partial charge is 0.0259 e. The van der Waals surface area contributed by atoms with Crippen LogP contribution < -0.4 is 0 Å². The highest BCUT2D eigenvalue weighted by Gasteiger charge is 2.01. The second-order valence-electron chi connectivity index (χ2n) is 6.06. The van der Waals surface area contributed by atoms with Gasteiger partial charge in [0.2, 0.25) is 0 Å². The molecule has 1 unspecified atom stereocenters. The monoisotopic (exact) mass is 236 g/mol. The van der Waals surface area contributed by atoms with Gasteiger partial charge in [-0.3, -0.25) is 0 Å². The van der Waals surface area contributed by atoms with Crippen LogP contribution in [0.4, 0.5) is 0 Å². The molecule has 0 aromatic heterocycles. The van der Waals surface area contributed by atoms with Crippen LogP contribution in [0, 0.1) is 5.92 Å². The fourth-order valence-electron chi connectivity index (χ4n) is 2.94. The van der Waals surface area contributed by atoms with E-state index >= 15 is 0 Å². The highest BCUT2D eigenvalue weighted by atomic mass is 14.1. The van der Waals surface area contributed by atoms with Crippen LogP contribution in [-0.2, 0) is 0 Å². The molecule has 0 heterocycles. The molecule has 0 aromatic rings. The van der Waals surface area contributed by atoms with Crippen molar-refractivity contribution in [3.8, 4) is 0 Å². The molecule has 0 saturated carbocycles. The summed E-state index contributed by atoms with van der Waals surface area (Å²) < 4.78 is 0. The lowest BCUT2D eigenvalue weighted by atomic mass is 9.98. The number of allylic oxidation sites excluding steroid dienone is 2. The van der Waals surface area contributed by atoms with E-state index in [0.29, 0.717) is 0 Å². The Morgan fingerprint density at radius 2 is 1.24 bits per heavy atom. The van der Waals surface area contributed by atoms with E-state index in [4.69, 9.17) is 0 Å². The minimum atomic E-state index is 0.806. The number of hydrogen-bond acceptors (Lipinski definition) is 0. The van der Waals surface area contributed by atoms with Crippen LogP contribution in [0.2, 0.25) is 0 Å². The molecule has 1 atom stereocenters. The molecular formula is C17H32. The lowest BCUT2D eigenvalue weighted by molar-refractivity contribution is 0.528. The number of rotatable bonds is 0. The first-order valence-electron chi connectivity index (χ1n) is 7.96. The van der Waals surface area contributed by atoms with Crippen LogP contribution in [0.15, 0.2) is 11.6 Å². The van der Waals surface area contributed by atoms with E-state index in [-0.39, 0.29) is 0 Å². The summed E-state index contributed by atoms with van der Waals surface area (Å²) in [5.74, 6) is 0.806. The zero-order valence-corrected chi connectivity index (χ0v) is 12.1. The van der Waals surface area contributed by atoms with Crippen molar-refractivity contribution < 1.29 is 0 Å². The molecule has 1 aliphatic rings. The Bertz CT molecular complexity index is 202. The third-order valence-electron chi connectivity index (χ3n) is 4.05. The molecule has 100 valence electrons. The van der Waals surface area contributed by atoms with Gasteiger partial charge in [0.25, 0.3) is 0 Å². The van der Waals surface area contributed by atoms with Crippen molar-refractivity contribution in [2.24, 2.45) is 5.92 Å². The maximum Gasteiger partial charge on any atom is -0.0259 e. The van der Waals surface area contributed by atoms with Crippen LogP contribution in [0.5, 0.6) is 0 Å². The van der Waals surface area contributed by atoms with E-state index in [2.05, 4.69) is 19.9 Å². The fraction of sp³-hybridized carbons (Fsp3) is 0.882. The van der Waals surface area contributed by atoms with Gasteiger partial charge in [-0.1, -0.05) is 76.4 Å². The summed E-state index contributed by atoms with van der Waals surface area (Å²) in [6.45, 7) is 4.72. The Kier molecular flexibility index (Phi) is 8.48. The van der Waals surface area contributed by atoms with Gasteiger partial charge in [0.1, 0.15) is 0 Å². The molecule has 0 aromatic carbocycles. The van der Waals surface area contributed by atoms with Crippen LogP contribution in [-0.4, -0.2) is 0 Å². The van der Waals surface area contributed by atoms with Gasteiger partial charge < -0.3 is 0 Å². The summed E-state index contributed by atoms with van der Waals surface area (Å²) in [5.41, 5.74) is 1.63. The fourth-order valence-corrected chi connectivity index (χ4v) is 2.94. The molecule has 0 radical (unpaired) electrons. The molecular weight excluding hydrogens is 204 g/mol. The van der Waals surface area contributed by atoms with E-state index in [0.717, 1.165) is 5.92 Å². The highest BCUT2D eigenvalue weighted by molar-refractivity contribution is 5.00. The normalized spacial score (nSPS) is 29.8. The van der Waals surface area contributed by atoms with Crippen molar-refractivity contribution in [2.75, 3.05) is 0 Å². The molecule has 0 amide bonds. The predicted octanol–water partition coefficient (Wildman–Crippen LogP) is 6.26. The van der Waals surface area contributed by atoms with Gasteiger partial charge in [-0.05, 0) is 32.1 Å². The number of hydrogen-bond donors (Lipinski definition) is 0. The van der Waals surface area contributed by atoms with E-state index in [1.165, 1.54) is 77.0 Å². The lowest BCUT2D eigenvalue weighted by Gasteiger charge is -2.08. The molecule has 0 aliphatic heterocycles. The van der Waals surface area contributed by atoms with E-state index < -0.39 is 0 Å². The average Bonchev–Trinajstić information content (AvgIpc) is 2.30. The minimum absolute atomic E-state index is 0.806. The summed E-state index contributed by atoms with van der Waals surface area (Å²) in [6.07, 6.45) is 19.8. The first kappa shape index (κ1) is 14.8. The summed E-state index contributed by atoms with van der Waals surface area (Å²) in [6, 6.07) is 0. The van der Waals surface area contributed by atoms with Gasteiger partial charge in [-0.25, -0.2) is 0 Å². The standard InChI is InChI=1S/C17H32/c1-16-13-11-9-7-5-3-4-6-8-10-12-14-17(2)15-16/h15-16H,3-14H2,1-2H3/b17-15-.